The van der Waals surface area contributed by atoms with E-state index < -0.39 is 12.2 Å². The maximum absolute atomic E-state index is 9.84. The van der Waals surface area contributed by atoms with Crippen molar-refractivity contribution in [3.8, 4) is 0 Å². The minimum atomic E-state index is -0.592. The van der Waals surface area contributed by atoms with Gasteiger partial charge in [-0.2, -0.15) is 0 Å². The molecule has 2 nitrogen and oxygen atoms in total. The zero-order valence-corrected chi connectivity index (χ0v) is 8.13. The van der Waals surface area contributed by atoms with Crippen molar-refractivity contribution in [3.63, 3.8) is 0 Å². The highest BCUT2D eigenvalue weighted by molar-refractivity contribution is 5.21. The van der Waals surface area contributed by atoms with Crippen LogP contribution in [0.25, 0.3) is 0 Å². The average Bonchev–Trinajstić information content (AvgIpc) is 2.23. The van der Waals surface area contributed by atoms with Crippen LogP contribution >= 0.6 is 0 Å². The van der Waals surface area contributed by atoms with Crippen molar-refractivity contribution >= 4 is 0 Å². The summed E-state index contributed by atoms with van der Waals surface area (Å²) >= 11 is 0. The van der Waals surface area contributed by atoms with Gasteiger partial charge >= 0.3 is 0 Å². The molecule has 0 aromatic heterocycles. The molecule has 2 heteroatoms. The maximum atomic E-state index is 9.84. The van der Waals surface area contributed by atoms with Crippen LogP contribution in [-0.4, -0.2) is 22.4 Å². The van der Waals surface area contributed by atoms with Crippen LogP contribution in [0.15, 0.2) is 30.3 Å². The summed E-state index contributed by atoms with van der Waals surface area (Å²) in [6.45, 7) is 0. The van der Waals surface area contributed by atoms with Gasteiger partial charge in [-0.3, -0.25) is 0 Å². The third-order valence-electron chi connectivity index (χ3n) is 3.05. The van der Waals surface area contributed by atoms with Gasteiger partial charge in [-0.15, -0.1) is 0 Å². The molecule has 2 rings (SSSR count). The van der Waals surface area contributed by atoms with E-state index >= 15 is 0 Å². The largest absolute Gasteiger partial charge is 0.390 e. The molecule has 2 N–H and O–H groups in total. The Balaban J connectivity index is 2.17. The number of benzene rings is 1. The highest BCUT2D eigenvalue weighted by Crippen LogP contribution is 2.32. The molecule has 1 fully saturated rings. The van der Waals surface area contributed by atoms with Gasteiger partial charge in [0.2, 0.25) is 0 Å². The van der Waals surface area contributed by atoms with E-state index in [-0.39, 0.29) is 5.92 Å². The third kappa shape index (κ3) is 1.81. The molecule has 14 heavy (non-hydrogen) atoms. The lowest BCUT2D eigenvalue weighted by atomic mass is 9.80. The summed E-state index contributed by atoms with van der Waals surface area (Å²) in [5, 5.41) is 19.4. The van der Waals surface area contributed by atoms with Gasteiger partial charge in [0.1, 0.15) is 0 Å². The van der Waals surface area contributed by atoms with E-state index in [1.807, 2.05) is 30.3 Å². The molecule has 1 saturated carbocycles. The minimum Gasteiger partial charge on any atom is -0.390 e. The second kappa shape index (κ2) is 4.11. The highest BCUT2D eigenvalue weighted by Gasteiger charge is 2.31. The van der Waals surface area contributed by atoms with Crippen molar-refractivity contribution in [2.45, 2.75) is 37.4 Å². The summed E-state index contributed by atoms with van der Waals surface area (Å²) in [4.78, 5) is 0. The van der Waals surface area contributed by atoms with Crippen LogP contribution in [0.4, 0.5) is 0 Å². The first kappa shape index (κ1) is 9.69. The van der Waals surface area contributed by atoms with Crippen LogP contribution < -0.4 is 0 Å². The van der Waals surface area contributed by atoms with Crippen molar-refractivity contribution < 1.29 is 10.2 Å². The number of hydrogen-bond donors (Lipinski definition) is 2. The van der Waals surface area contributed by atoms with Crippen LogP contribution in [0.2, 0.25) is 0 Å². The van der Waals surface area contributed by atoms with Gasteiger partial charge in [0.25, 0.3) is 0 Å². The number of aliphatic hydroxyl groups is 2. The molecule has 1 aromatic carbocycles. The zero-order chi connectivity index (χ0) is 9.97. The first-order valence-electron chi connectivity index (χ1n) is 5.20. The summed E-state index contributed by atoms with van der Waals surface area (Å²) in [5.74, 6) is 0.111. The Hall–Kier alpha value is -0.860. The molecule has 0 bridgehead atoms. The van der Waals surface area contributed by atoms with E-state index in [2.05, 4.69) is 0 Å². The van der Waals surface area contributed by atoms with Gasteiger partial charge in [-0.25, -0.2) is 0 Å². The molecule has 0 aliphatic heterocycles. The molecule has 1 aliphatic rings. The lowest BCUT2D eigenvalue weighted by Gasteiger charge is -2.32. The van der Waals surface area contributed by atoms with Crippen LogP contribution in [-0.2, 0) is 0 Å². The van der Waals surface area contributed by atoms with Crippen molar-refractivity contribution in [1.82, 2.24) is 0 Å². The van der Waals surface area contributed by atoms with E-state index in [4.69, 9.17) is 0 Å². The van der Waals surface area contributed by atoms with Crippen molar-refractivity contribution in [1.29, 1.82) is 0 Å². The maximum Gasteiger partial charge on any atom is 0.0867 e. The summed E-state index contributed by atoms with van der Waals surface area (Å²) < 4.78 is 0. The molecule has 0 radical (unpaired) electrons. The Morgan fingerprint density at radius 3 is 2.43 bits per heavy atom. The smallest absolute Gasteiger partial charge is 0.0867 e. The number of hydrogen-bond acceptors (Lipinski definition) is 2. The molecule has 0 amide bonds. The second-order valence-electron chi connectivity index (χ2n) is 4.01. The van der Waals surface area contributed by atoms with Crippen molar-refractivity contribution in [2.24, 2.45) is 0 Å². The summed E-state index contributed by atoms with van der Waals surface area (Å²) in [6.07, 6.45) is 1.56. The van der Waals surface area contributed by atoms with E-state index in [9.17, 15) is 10.2 Å². The fourth-order valence-electron chi connectivity index (χ4n) is 2.22. The number of aliphatic hydroxyl groups excluding tert-OH is 2. The lowest BCUT2D eigenvalue weighted by molar-refractivity contribution is -0.0227. The standard InChI is InChI=1S/C12H16O2/c13-11-8-4-7-10(12(11)14)9-5-2-1-3-6-9/h1-3,5-6,10-14H,4,7-8H2/t10-,11-,12-/m0/s1. The van der Waals surface area contributed by atoms with Gasteiger partial charge in [0, 0.05) is 5.92 Å². The van der Waals surface area contributed by atoms with E-state index in [1.54, 1.807) is 0 Å². The van der Waals surface area contributed by atoms with Gasteiger partial charge < -0.3 is 10.2 Å². The fourth-order valence-corrected chi connectivity index (χ4v) is 2.22. The fraction of sp³-hybridized carbons (Fsp3) is 0.500. The minimum absolute atomic E-state index is 0.111. The Morgan fingerprint density at radius 1 is 1.00 bits per heavy atom. The molecular formula is C12H16O2. The predicted molar refractivity (Wildman–Crippen MR) is 55.0 cm³/mol. The zero-order valence-electron chi connectivity index (χ0n) is 8.13. The molecule has 0 saturated heterocycles. The first-order valence-corrected chi connectivity index (χ1v) is 5.20. The Bertz CT molecular complexity index is 284. The van der Waals surface area contributed by atoms with Crippen LogP contribution in [0.3, 0.4) is 0 Å². The molecular weight excluding hydrogens is 176 g/mol. The van der Waals surface area contributed by atoms with Gasteiger partial charge in [0.15, 0.2) is 0 Å². The van der Waals surface area contributed by atoms with Crippen LogP contribution in [0.1, 0.15) is 30.7 Å². The summed E-state index contributed by atoms with van der Waals surface area (Å²) in [6, 6.07) is 9.96. The van der Waals surface area contributed by atoms with Gasteiger partial charge in [-0.05, 0) is 18.4 Å². The number of rotatable bonds is 1. The monoisotopic (exact) mass is 192 g/mol. The van der Waals surface area contributed by atoms with Crippen molar-refractivity contribution in [2.75, 3.05) is 0 Å². The first-order chi connectivity index (χ1) is 6.79. The van der Waals surface area contributed by atoms with Crippen LogP contribution in [0, 0.1) is 0 Å². The normalized spacial score (nSPS) is 32.9. The topological polar surface area (TPSA) is 40.5 Å². The Morgan fingerprint density at radius 2 is 1.71 bits per heavy atom. The molecule has 76 valence electrons. The summed E-state index contributed by atoms with van der Waals surface area (Å²) in [7, 11) is 0. The van der Waals surface area contributed by atoms with Gasteiger partial charge in [-0.1, -0.05) is 36.8 Å². The molecule has 0 heterocycles. The molecule has 0 unspecified atom stereocenters. The molecule has 1 aromatic rings. The van der Waals surface area contributed by atoms with Crippen molar-refractivity contribution in [3.05, 3.63) is 35.9 Å². The van der Waals surface area contributed by atoms with Crippen LogP contribution in [0.5, 0.6) is 0 Å². The summed E-state index contributed by atoms with van der Waals surface area (Å²) in [5.41, 5.74) is 1.14. The lowest BCUT2D eigenvalue weighted by Crippen LogP contribution is -2.35. The molecule has 1 aliphatic carbocycles. The SMILES string of the molecule is O[C@@H]1[C@@H](O)CCC[C@H]1c1ccccc1. The third-order valence-corrected chi connectivity index (χ3v) is 3.05. The predicted octanol–water partition coefficient (Wildman–Crippen LogP) is 1.68. The quantitative estimate of drug-likeness (QED) is 0.710. The second-order valence-corrected chi connectivity index (χ2v) is 4.01. The van der Waals surface area contributed by atoms with Gasteiger partial charge in [0.05, 0.1) is 12.2 Å². The Kier molecular flexibility index (Phi) is 2.85. The average molecular weight is 192 g/mol. The molecule has 0 spiro atoms. The Labute approximate surface area is 84.2 Å². The van der Waals surface area contributed by atoms with E-state index in [0.29, 0.717) is 0 Å². The highest BCUT2D eigenvalue weighted by atomic mass is 16.3. The van der Waals surface area contributed by atoms with E-state index in [1.165, 1.54) is 0 Å². The van der Waals surface area contributed by atoms with E-state index in [0.717, 1.165) is 24.8 Å². The molecule has 3 atom stereocenters.